The third kappa shape index (κ3) is 2.43. The maximum Gasteiger partial charge on any atom is 0.274 e. The Bertz CT molecular complexity index is 382. The first kappa shape index (κ1) is 12.0. The number of nitrogens with zero attached hydrogens (tertiary/aromatic N) is 2. The van der Waals surface area contributed by atoms with Gasteiger partial charge in [-0.2, -0.15) is 5.10 Å². The van der Waals surface area contributed by atoms with Gasteiger partial charge >= 0.3 is 0 Å². The summed E-state index contributed by atoms with van der Waals surface area (Å²) in [5.74, 6) is -0.0191. The fourth-order valence-electron chi connectivity index (χ4n) is 2.57. The summed E-state index contributed by atoms with van der Waals surface area (Å²) in [6.07, 6.45) is 7.41. The van der Waals surface area contributed by atoms with E-state index >= 15 is 0 Å². The summed E-state index contributed by atoms with van der Waals surface area (Å²) in [5.41, 5.74) is 6.58. The van der Waals surface area contributed by atoms with E-state index in [1.807, 2.05) is 11.8 Å². The van der Waals surface area contributed by atoms with Gasteiger partial charge in [-0.25, -0.2) is 0 Å². The highest BCUT2D eigenvalue weighted by Crippen LogP contribution is 2.24. The summed E-state index contributed by atoms with van der Waals surface area (Å²) in [6, 6.07) is 0.365. The van der Waals surface area contributed by atoms with E-state index < -0.39 is 0 Å². The Morgan fingerprint density at radius 2 is 2.24 bits per heavy atom. The molecule has 0 aliphatic heterocycles. The number of nitrogens with two attached hydrogens (primary N) is 1. The van der Waals surface area contributed by atoms with Gasteiger partial charge in [0.25, 0.3) is 5.91 Å². The highest BCUT2D eigenvalue weighted by atomic mass is 16.2. The van der Waals surface area contributed by atoms with E-state index in [2.05, 4.69) is 10.2 Å². The third-order valence-electron chi connectivity index (χ3n) is 3.50. The topological polar surface area (TPSA) is 75.0 Å². The largest absolute Gasteiger partial charge is 0.396 e. The lowest BCUT2D eigenvalue weighted by Gasteiger charge is -2.33. The monoisotopic (exact) mass is 236 g/mol. The predicted molar refractivity (Wildman–Crippen MR) is 66.6 cm³/mol. The van der Waals surface area contributed by atoms with Crippen molar-refractivity contribution in [1.29, 1.82) is 0 Å². The molecule has 1 fully saturated rings. The first-order valence-corrected chi connectivity index (χ1v) is 6.33. The maximum atomic E-state index is 12.3. The molecule has 17 heavy (non-hydrogen) atoms. The number of hydrogen-bond acceptors (Lipinski definition) is 3. The van der Waals surface area contributed by atoms with Crippen molar-refractivity contribution < 1.29 is 4.79 Å². The summed E-state index contributed by atoms with van der Waals surface area (Å²) in [6.45, 7) is 2.74. The van der Waals surface area contributed by atoms with Gasteiger partial charge in [-0.3, -0.25) is 9.89 Å². The number of aromatic nitrogens is 2. The van der Waals surface area contributed by atoms with Crippen LogP contribution < -0.4 is 5.73 Å². The van der Waals surface area contributed by atoms with Crippen LogP contribution in [0.15, 0.2) is 6.20 Å². The zero-order chi connectivity index (χ0) is 12.3. The van der Waals surface area contributed by atoms with E-state index in [0.717, 1.165) is 19.4 Å². The number of hydrogen-bond donors (Lipinski definition) is 2. The molecular formula is C12H20N4O. The van der Waals surface area contributed by atoms with Crippen LogP contribution in [0.25, 0.3) is 0 Å². The van der Waals surface area contributed by atoms with Gasteiger partial charge in [0.2, 0.25) is 0 Å². The molecule has 0 bridgehead atoms. The predicted octanol–water partition coefficient (Wildman–Crippen LogP) is 1.79. The lowest BCUT2D eigenvalue weighted by molar-refractivity contribution is 0.0643. The van der Waals surface area contributed by atoms with Crippen molar-refractivity contribution in [2.75, 3.05) is 12.3 Å². The lowest BCUT2D eigenvalue weighted by Crippen LogP contribution is -2.41. The van der Waals surface area contributed by atoms with Crippen LogP contribution in [0.2, 0.25) is 0 Å². The van der Waals surface area contributed by atoms with Crippen molar-refractivity contribution >= 4 is 11.6 Å². The first-order chi connectivity index (χ1) is 8.24. The minimum Gasteiger partial charge on any atom is -0.396 e. The molecule has 0 radical (unpaired) electrons. The van der Waals surface area contributed by atoms with Crippen molar-refractivity contribution in [1.82, 2.24) is 15.1 Å². The molecule has 0 spiro atoms. The van der Waals surface area contributed by atoms with Gasteiger partial charge in [0.15, 0.2) is 0 Å². The molecule has 1 aromatic rings. The first-order valence-electron chi connectivity index (χ1n) is 6.33. The van der Waals surface area contributed by atoms with Gasteiger partial charge in [0, 0.05) is 12.6 Å². The van der Waals surface area contributed by atoms with Crippen LogP contribution in [0.4, 0.5) is 5.69 Å². The number of carbonyl (C=O) groups is 1. The standard InChI is InChI=1S/C12H20N4O/c1-2-16(9-6-4-3-5-7-9)12(17)11-10(13)8-14-15-11/h8-9H,2-7,13H2,1H3,(H,14,15). The van der Waals surface area contributed by atoms with Crippen LogP contribution in [0.3, 0.4) is 0 Å². The smallest absolute Gasteiger partial charge is 0.274 e. The van der Waals surface area contributed by atoms with Gasteiger partial charge in [-0.1, -0.05) is 19.3 Å². The summed E-state index contributed by atoms with van der Waals surface area (Å²) >= 11 is 0. The van der Waals surface area contributed by atoms with Crippen LogP contribution in [0.1, 0.15) is 49.5 Å². The molecule has 1 saturated carbocycles. The molecule has 0 aromatic carbocycles. The Morgan fingerprint density at radius 3 is 2.76 bits per heavy atom. The number of amides is 1. The molecule has 5 nitrogen and oxygen atoms in total. The Balaban J connectivity index is 2.12. The fourth-order valence-corrected chi connectivity index (χ4v) is 2.57. The van der Waals surface area contributed by atoms with Crippen LogP contribution >= 0.6 is 0 Å². The van der Waals surface area contributed by atoms with Gasteiger partial charge in [-0.15, -0.1) is 0 Å². The Hall–Kier alpha value is -1.52. The summed E-state index contributed by atoms with van der Waals surface area (Å²) in [4.78, 5) is 14.3. The summed E-state index contributed by atoms with van der Waals surface area (Å²) in [7, 11) is 0. The van der Waals surface area contributed by atoms with Gasteiger partial charge < -0.3 is 10.6 Å². The van der Waals surface area contributed by atoms with E-state index in [4.69, 9.17) is 5.73 Å². The number of H-pyrrole nitrogens is 1. The van der Waals surface area contributed by atoms with Crippen molar-refractivity contribution in [3.05, 3.63) is 11.9 Å². The molecule has 1 heterocycles. The number of aromatic amines is 1. The Labute approximate surface area is 101 Å². The highest BCUT2D eigenvalue weighted by Gasteiger charge is 2.26. The molecule has 94 valence electrons. The molecular weight excluding hydrogens is 216 g/mol. The van der Waals surface area contributed by atoms with Crippen molar-refractivity contribution in [2.24, 2.45) is 0 Å². The third-order valence-corrected chi connectivity index (χ3v) is 3.50. The van der Waals surface area contributed by atoms with Crippen molar-refractivity contribution in [3.63, 3.8) is 0 Å². The normalized spacial score (nSPS) is 17.0. The highest BCUT2D eigenvalue weighted by molar-refractivity contribution is 5.97. The molecule has 1 amide bonds. The number of rotatable bonds is 3. The number of anilines is 1. The zero-order valence-electron chi connectivity index (χ0n) is 10.3. The molecule has 1 aliphatic rings. The SMILES string of the molecule is CCN(C(=O)c1[nH]ncc1N)C1CCCCC1. The average Bonchev–Trinajstić information content (AvgIpc) is 2.77. The van der Waals surface area contributed by atoms with Crippen LogP contribution in [0.5, 0.6) is 0 Å². The quantitative estimate of drug-likeness (QED) is 0.840. The number of nitrogen functional groups attached to an aromatic ring is 1. The minimum absolute atomic E-state index is 0.0191. The molecule has 0 atom stereocenters. The van der Waals surface area contributed by atoms with Crippen molar-refractivity contribution in [3.8, 4) is 0 Å². The maximum absolute atomic E-state index is 12.3. The molecule has 1 aliphatic carbocycles. The molecule has 5 heteroatoms. The van der Waals surface area contributed by atoms with E-state index in [1.54, 1.807) is 0 Å². The number of nitrogens with one attached hydrogen (secondary N) is 1. The van der Waals surface area contributed by atoms with Crippen LogP contribution in [-0.4, -0.2) is 33.6 Å². The van der Waals surface area contributed by atoms with Gasteiger partial charge in [0.1, 0.15) is 5.69 Å². The second kappa shape index (κ2) is 5.21. The summed E-state index contributed by atoms with van der Waals surface area (Å²) in [5, 5.41) is 6.50. The van der Waals surface area contributed by atoms with Crippen molar-refractivity contribution in [2.45, 2.75) is 45.1 Å². The second-order valence-corrected chi connectivity index (χ2v) is 4.58. The second-order valence-electron chi connectivity index (χ2n) is 4.58. The molecule has 3 N–H and O–H groups in total. The minimum atomic E-state index is -0.0191. The van der Waals surface area contributed by atoms with Crippen LogP contribution in [-0.2, 0) is 0 Å². The van der Waals surface area contributed by atoms with E-state index in [-0.39, 0.29) is 5.91 Å². The molecule has 2 rings (SSSR count). The summed E-state index contributed by atoms with van der Waals surface area (Å²) < 4.78 is 0. The average molecular weight is 236 g/mol. The molecule has 1 aromatic heterocycles. The Kier molecular flexibility index (Phi) is 3.66. The van der Waals surface area contributed by atoms with Crippen LogP contribution in [0, 0.1) is 0 Å². The van der Waals surface area contributed by atoms with E-state index in [1.165, 1.54) is 25.5 Å². The van der Waals surface area contributed by atoms with Gasteiger partial charge in [-0.05, 0) is 19.8 Å². The molecule has 0 unspecified atom stereocenters. The Morgan fingerprint density at radius 1 is 1.53 bits per heavy atom. The fraction of sp³-hybridized carbons (Fsp3) is 0.667. The number of carbonyl (C=O) groups excluding carboxylic acids is 1. The van der Waals surface area contributed by atoms with Gasteiger partial charge in [0.05, 0.1) is 11.9 Å². The van der Waals surface area contributed by atoms with E-state index in [0.29, 0.717) is 17.4 Å². The van der Waals surface area contributed by atoms with E-state index in [9.17, 15) is 4.79 Å². The zero-order valence-corrected chi connectivity index (χ0v) is 10.3. The lowest BCUT2D eigenvalue weighted by atomic mass is 9.94. The molecule has 0 saturated heterocycles.